The second-order valence-electron chi connectivity index (χ2n) is 4.48. The van der Waals surface area contributed by atoms with Gasteiger partial charge in [-0.2, -0.15) is 11.3 Å². The van der Waals surface area contributed by atoms with Crippen LogP contribution in [0, 0.1) is 6.92 Å². The van der Waals surface area contributed by atoms with Crippen LogP contribution in [-0.2, 0) is 16.0 Å². The molecule has 2 rings (SSSR count). The van der Waals surface area contributed by atoms with Gasteiger partial charge in [0.05, 0.1) is 20.1 Å². The van der Waals surface area contributed by atoms with Crippen LogP contribution in [0.4, 0.5) is 0 Å². The lowest BCUT2D eigenvalue weighted by Crippen LogP contribution is -2.07. The van der Waals surface area contributed by atoms with E-state index >= 15 is 0 Å². The Kier molecular flexibility index (Phi) is 4.79. The number of thiophene rings is 1. The zero-order valence-electron chi connectivity index (χ0n) is 11.9. The van der Waals surface area contributed by atoms with Gasteiger partial charge in [-0.25, -0.2) is 0 Å². The molecule has 106 valence electrons. The van der Waals surface area contributed by atoms with Gasteiger partial charge in [0, 0.05) is 5.56 Å². The normalized spacial score (nSPS) is 10.3. The molecule has 0 aliphatic carbocycles. The summed E-state index contributed by atoms with van der Waals surface area (Å²) >= 11 is 1.67. The first-order valence-corrected chi connectivity index (χ1v) is 7.45. The van der Waals surface area contributed by atoms with Crippen molar-refractivity contribution in [1.82, 2.24) is 0 Å². The van der Waals surface area contributed by atoms with E-state index in [1.807, 2.05) is 18.2 Å². The molecule has 1 heterocycles. The monoisotopic (exact) mass is 290 g/mol. The quantitative estimate of drug-likeness (QED) is 0.785. The zero-order chi connectivity index (χ0) is 14.5. The largest absolute Gasteiger partial charge is 0.496 e. The van der Waals surface area contributed by atoms with E-state index in [9.17, 15) is 4.79 Å². The van der Waals surface area contributed by atoms with Crippen molar-refractivity contribution in [2.45, 2.75) is 20.3 Å². The molecule has 1 aromatic heterocycles. The topological polar surface area (TPSA) is 35.5 Å². The molecule has 1 aromatic carbocycles. The highest BCUT2D eigenvalue weighted by atomic mass is 32.1. The van der Waals surface area contributed by atoms with E-state index in [2.05, 4.69) is 17.7 Å². The number of hydrogen-bond donors (Lipinski definition) is 0. The minimum atomic E-state index is -0.214. The molecule has 0 aliphatic rings. The Morgan fingerprint density at radius 3 is 2.65 bits per heavy atom. The fraction of sp³-hybridized carbons (Fsp3) is 0.312. The summed E-state index contributed by atoms with van der Waals surface area (Å²) in [5.41, 5.74) is 4.36. The maximum absolute atomic E-state index is 11.5. The van der Waals surface area contributed by atoms with Gasteiger partial charge in [0.25, 0.3) is 0 Å². The number of esters is 1. The van der Waals surface area contributed by atoms with Crippen molar-refractivity contribution in [3.8, 4) is 16.9 Å². The summed E-state index contributed by atoms with van der Waals surface area (Å²) in [6.07, 6.45) is 0.271. The molecule has 20 heavy (non-hydrogen) atoms. The number of benzene rings is 1. The SMILES string of the molecule is CCOC(=O)Cc1ccc(-c2cscc2C)c(OC)c1. The van der Waals surface area contributed by atoms with Gasteiger partial charge in [-0.05, 0) is 47.4 Å². The molecule has 0 saturated carbocycles. The van der Waals surface area contributed by atoms with Crippen LogP contribution >= 0.6 is 11.3 Å². The van der Waals surface area contributed by atoms with Crippen LogP contribution in [0.2, 0.25) is 0 Å². The highest BCUT2D eigenvalue weighted by Crippen LogP contribution is 2.34. The fourth-order valence-electron chi connectivity index (χ4n) is 2.08. The van der Waals surface area contributed by atoms with Gasteiger partial charge in [0.15, 0.2) is 0 Å². The minimum absolute atomic E-state index is 0.214. The summed E-state index contributed by atoms with van der Waals surface area (Å²) in [5, 5.41) is 4.22. The summed E-state index contributed by atoms with van der Waals surface area (Å²) < 4.78 is 10.4. The van der Waals surface area contributed by atoms with Crippen LogP contribution in [0.3, 0.4) is 0 Å². The number of methoxy groups -OCH3 is 1. The molecule has 0 unspecified atom stereocenters. The van der Waals surface area contributed by atoms with Gasteiger partial charge in [0.2, 0.25) is 0 Å². The van der Waals surface area contributed by atoms with Gasteiger partial charge < -0.3 is 9.47 Å². The standard InChI is InChI=1S/C16H18O3S/c1-4-19-16(17)8-12-5-6-13(15(7-12)18-3)14-10-20-9-11(14)2/h5-7,9-10H,4,8H2,1-3H3. The molecule has 0 radical (unpaired) electrons. The Morgan fingerprint density at radius 1 is 1.25 bits per heavy atom. The molecule has 0 atom stereocenters. The molecule has 3 nitrogen and oxygen atoms in total. The van der Waals surface area contributed by atoms with E-state index < -0.39 is 0 Å². The fourth-order valence-corrected chi connectivity index (χ4v) is 2.93. The second kappa shape index (κ2) is 6.57. The molecule has 2 aromatic rings. The van der Waals surface area contributed by atoms with Gasteiger partial charge in [-0.3, -0.25) is 4.79 Å². The Hall–Kier alpha value is -1.81. The van der Waals surface area contributed by atoms with E-state index in [0.29, 0.717) is 6.61 Å². The summed E-state index contributed by atoms with van der Waals surface area (Å²) in [6, 6.07) is 5.86. The molecule has 4 heteroatoms. The smallest absolute Gasteiger partial charge is 0.310 e. The van der Waals surface area contributed by atoms with Crippen LogP contribution in [0.5, 0.6) is 5.75 Å². The van der Waals surface area contributed by atoms with E-state index in [-0.39, 0.29) is 12.4 Å². The van der Waals surface area contributed by atoms with Crippen molar-refractivity contribution in [1.29, 1.82) is 0 Å². The number of carbonyl (C=O) groups excluding carboxylic acids is 1. The Morgan fingerprint density at radius 2 is 2.05 bits per heavy atom. The predicted octanol–water partition coefficient (Wildman–Crippen LogP) is 3.84. The second-order valence-corrected chi connectivity index (χ2v) is 5.23. The van der Waals surface area contributed by atoms with E-state index in [4.69, 9.17) is 9.47 Å². The van der Waals surface area contributed by atoms with Gasteiger partial charge in [-0.15, -0.1) is 0 Å². The molecule has 0 fully saturated rings. The summed E-state index contributed by atoms with van der Waals surface area (Å²) in [6.45, 7) is 4.29. The first-order chi connectivity index (χ1) is 9.65. The highest BCUT2D eigenvalue weighted by molar-refractivity contribution is 7.08. The summed E-state index contributed by atoms with van der Waals surface area (Å²) in [7, 11) is 1.65. The molecular weight excluding hydrogens is 272 g/mol. The average molecular weight is 290 g/mol. The van der Waals surface area contributed by atoms with Crippen molar-refractivity contribution in [3.63, 3.8) is 0 Å². The average Bonchev–Trinajstić information content (AvgIpc) is 2.85. The third-order valence-corrected chi connectivity index (χ3v) is 3.93. The van der Waals surface area contributed by atoms with Gasteiger partial charge >= 0.3 is 5.97 Å². The summed E-state index contributed by atoms with van der Waals surface area (Å²) in [4.78, 5) is 11.5. The zero-order valence-corrected chi connectivity index (χ0v) is 12.8. The first-order valence-electron chi connectivity index (χ1n) is 6.51. The third kappa shape index (κ3) is 3.20. The lowest BCUT2D eigenvalue weighted by atomic mass is 10.0. The van der Waals surface area contributed by atoms with Crippen LogP contribution < -0.4 is 4.74 Å². The Bertz CT molecular complexity index is 602. The number of aryl methyl sites for hydroxylation is 1. The number of hydrogen-bond acceptors (Lipinski definition) is 4. The Balaban J connectivity index is 2.29. The van der Waals surface area contributed by atoms with Gasteiger partial charge in [-0.1, -0.05) is 12.1 Å². The summed E-state index contributed by atoms with van der Waals surface area (Å²) in [5.74, 6) is 0.572. The van der Waals surface area contributed by atoms with Crippen molar-refractivity contribution in [2.75, 3.05) is 13.7 Å². The molecular formula is C16H18O3S. The van der Waals surface area contributed by atoms with Crippen LogP contribution in [0.1, 0.15) is 18.1 Å². The van der Waals surface area contributed by atoms with Crippen LogP contribution in [0.15, 0.2) is 29.0 Å². The molecule has 0 bridgehead atoms. The van der Waals surface area contributed by atoms with Crippen LogP contribution in [0.25, 0.3) is 11.1 Å². The van der Waals surface area contributed by atoms with Crippen molar-refractivity contribution in [3.05, 3.63) is 40.1 Å². The molecule has 0 saturated heterocycles. The molecule has 0 N–H and O–H groups in total. The number of rotatable bonds is 5. The Labute approximate surface area is 123 Å². The molecule has 0 aliphatic heterocycles. The van der Waals surface area contributed by atoms with E-state index in [1.54, 1.807) is 25.4 Å². The van der Waals surface area contributed by atoms with Crippen molar-refractivity contribution in [2.24, 2.45) is 0 Å². The minimum Gasteiger partial charge on any atom is -0.496 e. The number of ether oxygens (including phenoxy) is 2. The predicted molar refractivity (Wildman–Crippen MR) is 81.4 cm³/mol. The highest BCUT2D eigenvalue weighted by Gasteiger charge is 2.12. The molecule has 0 spiro atoms. The van der Waals surface area contributed by atoms with Gasteiger partial charge in [0.1, 0.15) is 5.75 Å². The lowest BCUT2D eigenvalue weighted by Gasteiger charge is -2.10. The maximum Gasteiger partial charge on any atom is 0.310 e. The van der Waals surface area contributed by atoms with E-state index in [0.717, 1.165) is 16.9 Å². The van der Waals surface area contributed by atoms with E-state index in [1.165, 1.54) is 11.1 Å². The molecule has 0 amide bonds. The number of carbonyl (C=O) groups is 1. The van der Waals surface area contributed by atoms with Crippen LogP contribution in [-0.4, -0.2) is 19.7 Å². The van der Waals surface area contributed by atoms with Crippen molar-refractivity contribution >= 4 is 17.3 Å². The lowest BCUT2D eigenvalue weighted by molar-refractivity contribution is -0.142. The maximum atomic E-state index is 11.5. The third-order valence-electron chi connectivity index (χ3n) is 3.07. The van der Waals surface area contributed by atoms with Crippen molar-refractivity contribution < 1.29 is 14.3 Å². The first kappa shape index (κ1) is 14.6.